The Morgan fingerprint density at radius 1 is 1.20 bits per heavy atom. The summed E-state index contributed by atoms with van der Waals surface area (Å²) >= 11 is 0. The third-order valence-corrected chi connectivity index (χ3v) is 3.18. The summed E-state index contributed by atoms with van der Waals surface area (Å²) < 4.78 is 0. The van der Waals surface area contributed by atoms with E-state index in [0.717, 1.165) is 0 Å². The minimum atomic E-state index is -1.33. The Morgan fingerprint density at radius 3 is 2.20 bits per heavy atom. The first kappa shape index (κ1) is 15.7. The van der Waals surface area contributed by atoms with Crippen molar-refractivity contribution in [3.8, 4) is 0 Å². The van der Waals surface area contributed by atoms with Gasteiger partial charge in [0.2, 0.25) is 0 Å². The zero-order valence-corrected chi connectivity index (χ0v) is 11.7. The summed E-state index contributed by atoms with van der Waals surface area (Å²) in [5.74, 6) is -1.94. The minimum absolute atomic E-state index is 0.243. The van der Waals surface area contributed by atoms with Crippen molar-refractivity contribution in [2.24, 2.45) is 0 Å². The van der Waals surface area contributed by atoms with Crippen LogP contribution in [0.25, 0.3) is 0 Å². The number of carboxylic acid groups (broad SMARTS) is 1. The van der Waals surface area contributed by atoms with E-state index in [4.69, 9.17) is 5.11 Å². The van der Waals surface area contributed by atoms with E-state index >= 15 is 0 Å². The van der Waals surface area contributed by atoms with Crippen molar-refractivity contribution < 1.29 is 19.5 Å². The molecule has 0 saturated carbocycles. The van der Waals surface area contributed by atoms with E-state index in [9.17, 15) is 14.4 Å². The highest BCUT2D eigenvalue weighted by Crippen LogP contribution is 2.12. The second-order valence-electron chi connectivity index (χ2n) is 4.60. The fourth-order valence-corrected chi connectivity index (χ4v) is 1.56. The third kappa shape index (κ3) is 3.34. The van der Waals surface area contributed by atoms with Crippen LogP contribution in [0.5, 0.6) is 0 Å². The molecule has 0 bridgehead atoms. The molecule has 0 aliphatic heterocycles. The molecule has 0 radical (unpaired) electrons. The quantitative estimate of drug-likeness (QED) is 0.749. The standard InChI is InChI=1S/C14H18N2O4/c1-4-14(2,13(19)20)16-12(18)10-7-5-6-9(8-10)11(17)15-3/h5-8H,4H2,1-3H3,(H,15,17)(H,16,18)(H,19,20). The van der Waals surface area contributed by atoms with Gasteiger partial charge in [0.25, 0.3) is 11.8 Å². The SMILES string of the molecule is CCC(C)(NC(=O)c1cccc(C(=O)NC)c1)C(=O)O. The Labute approximate surface area is 117 Å². The topological polar surface area (TPSA) is 95.5 Å². The van der Waals surface area contributed by atoms with E-state index in [1.165, 1.54) is 26.1 Å². The zero-order valence-electron chi connectivity index (χ0n) is 11.7. The Balaban J connectivity index is 2.98. The first-order valence-corrected chi connectivity index (χ1v) is 6.22. The van der Waals surface area contributed by atoms with E-state index in [0.29, 0.717) is 5.56 Å². The summed E-state index contributed by atoms with van der Waals surface area (Å²) in [6, 6.07) is 6.10. The van der Waals surface area contributed by atoms with Gasteiger partial charge in [-0.15, -0.1) is 0 Å². The van der Waals surface area contributed by atoms with E-state index in [1.54, 1.807) is 19.1 Å². The van der Waals surface area contributed by atoms with Crippen LogP contribution in [-0.2, 0) is 4.79 Å². The Bertz CT molecular complexity index is 542. The van der Waals surface area contributed by atoms with Gasteiger partial charge in [0.05, 0.1) is 0 Å². The molecule has 1 atom stereocenters. The molecule has 0 aliphatic carbocycles. The number of hydrogen-bond acceptors (Lipinski definition) is 3. The van der Waals surface area contributed by atoms with Gasteiger partial charge in [-0.3, -0.25) is 9.59 Å². The fourth-order valence-electron chi connectivity index (χ4n) is 1.56. The lowest BCUT2D eigenvalue weighted by atomic mass is 9.98. The number of benzene rings is 1. The normalized spacial score (nSPS) is 13.2. The molecular formula is C14H18N2O4. The highest BCUT2D eigenvalue weighted by Gasteiger charge is 2.33. The number of carboxylic acids is 1. The molecule has 1 unspecified atom stereocenters. The molecule has 20 heavy (non-hydrogen) atoms. The van der Waals surface area contributed by atoms with Crippen LogP contribution in [0, 0.1) is 0 Å². The highest BCUT2D eigenvalue weighted by molar-refractivity contribution is 6.01. The van der Waals surface area contributed by atoms with Gasteiger partial charge in [0, 0.05) is 18.2 Å². The molecule has 2 amide bonds. The average molecular weight is 278 g/mol. The van der Waals surface area contributed by atoms with Gasteiger partial charge in [-0.05, 0) is 31.5 Å². The number of hydrogen-bond donors (Lipinski definition) is 3. The molecule has 108 valence electrons. The monoisotopic (exact) mass is 278 g/mol. The van der Waals surface area contributed by atoms with Gasteiger partial charge in [0.1, 0.15) is 5.54 Å². The molecule has 0 spiro atoms. The van der Waals surface area contributed by atoms with Crippen molar-refractivity contribution in [2.75, 3.05) is 7.05 Å². The summed E-state index contributed by atoms with van der Waals surface area (Å²) in [4.78, 5) is 34.7. The first-order valence-electron chi connectivity index (χ1n) is 6.22. The molecule has 3 N–H and O–H groups in total. The second kappa shape index (κ2) is 6.18. The predicted molar refractivity (Wildman–Crippen MR) is 73.6 cm³/mol. The van der Waals surface area contributed by atoms with Crippen LogP contribution in [0.1, 0.15) is 41.0 Å². The number of nitrogens with one attached hydrogen (secondary N) is 2. The summed E-state index contributed by atoms with van der Waals surface area (Å²) in [5, 5.41) is 14.1. The van der Waals surface area contributed by atoms with Crippen LogP contribution in [0.3, 0.4) is 0 Å². The van der Waals surface area contributed by atoms with Crippen LogP contribution >= 0.6 is 0 Å². The molecule has 0 aromatic heterocycles. The molecule has 1 aromatic carbocycles. The van der Waals surface area contributed by atoms with Crippen LogP contribution in [-0.4, -0.2) is 35.5 Å². The molecule has 0 fully saturated rings. The Hall–Kier alpha value is -2.37. The largest absolute Gasteiger partial charge is 0.480 e. The number of carbonyl (C=O) groups is 3. The molecular weight excluding hydrogens is 260 g/mol. The maximum Gasteiger partial charge on any atom is 0.329 e. The number of amides is 2. The van der Waals surface area contributed by atoms with Crippen molar-refractivity contribution in [3.05, 3.63) is 35.4 Å². The van der Waals surface area contributed by atoms with Crippen molar-refractivity contribution in [2.45, 2.75) is 25.8 Å². The highest BCUT2D eigenvalue weighted by atomic mass is 16.4. The Morgan fingerprint density at radius 2 is 1.75 bits per heavy atom. The van der Waals surface area contributed by atoms with Gasteiger partial charge in [-0.1, -0.05) is 13.0 Å². The van der Waals surface area contributed by atoms with Crippen LogP contribution in [0.15, 0.2) is 24.3 Å². The lowest BCUT2D eigenvalue weighted by Crippen LogP contribution is -2.51. The van der Waals surface area contributed by atoms with Crippen molar-refractivity contribution >= 4 is 17.8 Å². The number of aliphatic carboxylic acids is 1. The first-order chi connectivity index (χ1) is 9.34. The van der Waals surface area contributed by atoms with E-state index in [2.05, 4.69) is 10.6 Å². The van der Waals surface area contributed by atoms with Crippen molar-refractivity contribution in [1.82, 2.24) is 10.6 Å². The summed E-state index contributed by atoms with van der Waals surface area (Å²) in [6.45, 7) is 3.12. The van der Waals surface area contributed by atoms with Gasteiger partial charge in [0.15, 0.2) is 0 Å². The van der Waals surface area contributed by atoms with Crippen molar-refractivity contribution in [3.63, 3.8) is 0 Å². The summed E-state index contributed by atoms with van der Waals surface area (Å²) in [5.41, 5.74) is -0.749. The molecule has 1 aromatic rings. The van der Waals surface area contributed by atoms with Gasteiger partial charge >= 0.3 is 5.97 Å². The smallest absolute Gasteiger partial charge is 0.329 e. The second-order valence-corrected chi connectivity index (χ2v) is 4.60. The molecule has 0 aliphatic rings. The van der Waals surface area contributed by atoms with Crippen molar-refractivity contribution in [1.29, 1.82) is 0 Å². The molecule has 1 rings (SSSR count). The van der Waals surface area contributed by atoms with E-state index in [-0.39, 0.29) is 17.9 Å². The van der Waals surface area contributed by atoms with Crippen LogP contribution in [0.2, 0.25) is 0 Å². The number of rotatable bonds is 5. The van der Waals surface area contributed by atoms with Gasteiger partial charge < -0.3 is 15.7 Å². The van der Waals surface area contributed by atoms with Crippen LogP contribution < -0.4 is 10.6 Å². The van der Waals surface area contributed by atoms with E-state index in [1.807, 2.05) is 0 Å². The maximum absolute atomic E-state index is 12.1. The van der Waals surface area contributed by atoms with Gasteiger partial charge in [-0.2, -0.15) is 0 Å². The minimum Gasteiger partial charge on any atom is -0.480 e. The molecule has 0 heterocycles. The Kier molecular flexibility index (Phi) is 4.85. The average Bonchev–Trinajstić information content (AvgIpc) is 2.46. The van der Waals surface area contributed by atoms with Gasteiger partial charge in [-0.25, -0.2) is 4.79 Å². The third-order valence-electron chi connectivity index (χ3n) is 3.18. The fraction of sp³-hybridized carbons (Fsp3) is 0.357. The summed E-state index contributed by atoms with van der Waals surface area (Å²) in [6.07, 6.45) is 0.253. The number of carbonyl (C=O) groups excluding carboxylic acids is 2. The molecule has 6 nitrogen and oxygen atoms in total. The predicted octanol–water partition coefficient (Wildman–Crippen LogP) is 1.03. The zero-order chi connectivity index (χ0) is 15.3. The molecule has 6 heteroatoms. The molecule has 0 saturated heterocycles. The lowest BCUT2D eigenvalue weighted by molar-refractivity contribution is -0.143. The summed E-state index contributed by atoms with van der Waals surface area (Å²) in [7, 11) is 1.49. The lowest BCUT2D eigenvalue weighted by Gasteiger charge is -2.24. The van der Waals surface area contributed by atoms with Crippen LogP contribution in [0.4, 0.5) is 0 Å². The maximum atomic E-state index is 12.1. The van der Waals surface area contributed by atoms with E-state index < -0.39 is 17.4 Å².